The van der Waals surface area contributed by atoms with Gasteiger partial charge in [-0.3, -0.25) is 0 Å². The van der Waals surface area contributed by atoms with Gasteiger partial charge in [0, 0.05) is 12.6 Å². The molecule has 2 rings (SSSR count). The van der Waals surface area contributed by atoms with Crippen LogP contribution in [0.4, 0.5) is 4.39 Å². The minimum Gasteiger partial charge on any atom is -0.494 e. The number of halogens is 1. The van der Waals surface area contributed by atoms with Gasteiger partial charge in [-0.1, -0.05) is 19.1 Å². The van der Waals surface area contributed by atoms with Gasteiger partial charge in [0.1, 0.15) is 0 Å². The minimum absolute atomic E-state index is 0.215. The molecule has 20 heavy (non-hydrogen) atoms. The van der Waals surface area contributed by atoms with Gasteiger partial charge in [0.2, 0.25) is 0 Å². The van der Waals surface area contributed by atoms with Crippen LogP contribution in [-0.4, -0.2) is 28.6 Å². The normalized spacial score (nSPS) is 11.1. The predicted octanol–water partition coefficient (Wildman–Crippen LogP) is 2.16. The molecule has 1 aromatic heterocycles. The highest BCUT2D eigenvalue weighted by atomic mass is 19.1. The van der Waals surface area contributed by atoms with Crippen molar-refractivity contribution in [2.45, 2.75) is 20.4 Å². The highest BCUT2D eigenvalue weighted by Gasteiger charge is 2.07. The highest BCUT2D eigenvalue weighted by molar-refractivity contribution is 5.38. The summed E-state index contributed by atoms with van der Waals surface area (Å²) >= 11 is 0. The summed E-state index contributed by atoms with van der Waals surface area (Å²) in [7, 11) is 1.44. The maximum Gasteiger partial charge on any atom is 0.167 e. The standard InChI is InChI=1S/C14H19FN4O/c1-10(2)7-16-8-11-9-19(18-17-11)12-4-5-14(20-3)13(15)6-12/h4-6,9-10,16H,7-8H2,1-3H3. The van der Waals surface area contributed by atoms with Crippen LogP contribution in [0, 0.1) is 11.7 Å². The van der Waals surface area contributed by atoms with E-state index in [1.165, 1.54) is 13.2 Å². The molecular formula is C14H19FN4O. The van der Waals surface area contributed by atoms with Crippen LogP contribution in [0.5, 0.6) is 5.75 Å². The van der Waals surface area contributed by atoms with E-state index in [1.54, 1.807) is 23.0 Å². The molecule has 108 valence electrons. The van der Waals surface area contributed by atoms with Crippen LogP contribution in [-0.2, 0) is 6.54 Å². The zero-order chi connectivity index (χ0) is 14.5. The fourth-order valence-corrected chi connectivity index (χ4v) is 1.79. The Kier molecular flexibility index (Phi) is 4.68. The van der Waals surface area contributed by atoms with Gasteiger partial charge in [-0.25, -0.2) is 9.07 Å². The highest BCUT2D eigenvalue weighted by Crippen LogP contribution is 2.19. The van der Waals surface area contributed by atoms with Crippen molar-refractivity contribution in [3.63, 3.8) is 0 Å². The number of ether oxygens (including phenoxy) is 1. The van der Waals surface area contributed by atoms with Gasteiger partial charge < -0.3 is 10.1 Å². The van der Waals surface area contributed by atoms with Crippen LogP contribution >= 0.6 is 0 Å². The second-order valence-electron chi connectivity index (χ2n) is 5.00. The van der Waals surface area contributed by atoms with E-state index in [0.29, 0.717) is 18.2 Å². The molecule has 1 heterocycles. The Balaban J connectivity index is 2.06. The second kappa shape index (κ2) is 6.47. The second-order valence-corrected chi connectivity index (χ2v) is 5.00. The van der Waals surface area contributed by atoms with Crippen molar-refractivity contribution in [1.29, 1.82) is 0 Å². The van der Waals surface area contributed by atoms with Gasteiger partial charge in [0.25, 0.3) is 0 Å². The molecule has 2 aromatic rings. The van der Waals surface area contributed by atoms with Gasteiger partial charge in [0.15, 0.2) is 11.6 Å². The summed E-state index contributed by atoms with van der Waals surface area (Å²) in [4.78, 5) is 0. The number of hydrogen-bond donors (Lipinski definition) is 1. The fourth-order valence-electron chi connectivity index (χ4n) is 1.79. The van der Waals surface area contributed by atoms with Gasteiger partial charge in [-0.2, -0.15) is 0 Å². The molecule has 0 atom stereocenters. The summed E-state index contributed by atoms with van der Waals surface area (Å²) in [5, 5.41) is 11.3. The monoisotopic (exact) mass is 278 g/mol. The Morgan fingerprint density at radius 1 is 1.40 bits per heavy atom. The molecule has 0 amide bonds. The van der Waals surface area contributed by atoms with E-state index in [-0.39, 0.29) is 5.75 Å². The summed E-state index contributed by atoms with van der Waals surface area (Å²) in [6.07, 6.45) is 1.79. The lowest BCUT2D eigenvalue weighted by Crippen LogP contribution is -2.19. The molecule has 0 radical (unpaired) electrons. The maximum atomic E-state index is 13.6. The van der Waals surface area contributed by atoms with Crippen molar-refractivity contribution < 1.29 is 9.13 Å². The Morgan fingerprint density at radius 2 is 2.20 bits per heavy atom. The maximum absolute atomic E-state index is 13.6. The number of nitrogens with zero attached hydrogens (tertiary/aromatic N) is 3. The van der Waals surface area contributed by atoms with Crippen LogP contribution in [0.15, 0.2) is 24.4 Å². The molecule has 0 spiro atoms. The fraction of sp³-hybridized carbons (Fsp3) is 0.429. The number of nitrogens with one attached hydrogen (secondary N) is 1. The van der Waals surface area contributed by atoms with Crippen molar-refractivity contribution >= 4 is 0 Å². The van der Waals surface area contributed by atoms with E-state index in [1.807, 2.05) is 0 Å². The summed E-state index contributed by atoms with van der Waals surface area (Å²) < 4.78 is 20.1. The zero-order valence-electron chi connectivity index (χ0n) is 11.9. The van der Waals surface area contributed by atoms with E-state index in [0.717, 1.165) is 12.2 Å². The topological polar surface area (TPSA) is 52.0 Å². The van der Waals surface area contributed by atoms with Crippen LogP contribution in [0.1, 0.15) is 19.5 Å². The zero-order valence-corrected chi connectivity index (χ0v) is 11.9. The minimum atomic E-state index is -0.417. The first-order valence-corrected chi connectivity index (χ1v) is 6.56. The van der Waals surface area contributed by atoms with Crippen molar-refractivity contribution in [1.82, 2.24) is 20.3 Å². The molecule has 0 aliphatic carbocycles. The molecule has 5 nitrogen and oxygen atoms in total. The first-order chi connectivity index (χ1) is 9.60. The SMILES string of the molecule is COc1ccc(-n2cc(CNCC(C)C)nn2)cc1F. The van der Waals surface area contributed by atoms with E-state index in [9.17, 15) is 4.39 Å². The first kappa shape index (κ1) is 14.5. The van der Waals surface area contributed by atoms with Crippen molar-refractivity contribution in [3.05, 3.63) is 35.9 Å². The number of methoxy groups -OCH3 is 1. The third-order valence-corrected chi connectivity index (χ3v) is 2.80. The molecule has 0 fully saturated rings. The van der Waals surface area contributed by atoms with Gasteiger partial charge in [-0.15, -0.1) is 5.10 Å². The van der Waals surface area contributed by atoms with Crippen LogP contribution in [0.2, 0.25) is 0 Å². The van der Waals surface area contributed by atoms with Gasteiger partial charge in [-0.05, 0) is 24.6 Å². The third-order valence-electron chi connectivity index (χ3n) is 2.80. The Morgan fingerprint density at radius 3 is 2.85 bits per heavy atom. The summed E-state index contributed by atoms with van der Waals surface area (Å²) in [6.45, 7) is 5.86. The lowest BCUT2D eigenvalue weighted by Gasteiger charge is -2.05. The third kappa shape index (κ3) is 3.54. The van der Waals surface area contributed by atoms with E-state index >= 15 is 0 Å². The quantitative estimate of drug-likeness (QED) is 0.879. The van der Waals surface area contributed by atoms with Crippen molar-refractivity contribution in [2.75, 3.05) is 13.7 Å². The average Bonchev–Trinajstić information content (AvgIpc) is 2.87. The van der Waals surface area contributed by atoms with Crippen LogP contribution in [0.25, 0.3) is 5.69 Å². The molecule has 0 aliphatic heterocycles. The Labute approximate surface area is 117 Å². The molecular weight excluding hydrogens is 259 g/mol. The van der Waals surface area contributed by atoms with Crippen molar-refractivity contribution in [3.8, 4) is 11.4 Å². The molecule has 6 heteroatoms. The van der Waals surface area contributed by atoms with Gasteiger partial charge in [0.05, 0.1) is 24.7 Å². The molecule has 1 aromatic carbocycles. The molecule has 0 unspecified atom stereocenters. The van der Waals surface area contributed by atoms with E-state index in [2.05, 4.69) is 29.5 Å². The first-order valence-electron chi connectivity index (χ1n) is 6.56. The molecule has 0 saturated carbocycles. The smallest absolute Gasteiger partial charge is 0.167 e. The number of benzene rings is 1. The summed E-state index contributed by atoms with van der Waals surface area (Å²) in [5.41, 5.74) is 1.44. The number of rotatable bonds is 6. The lowest BCUT2D eigenvalue weighted by molar-refractivity contribution is 0.386. The molecule has 1 N–H and O–H groups in total. The largest absolute Gasteiger partial charge is 0.494 e. The van der Waals surface area contributed by atoms with E-state index < -0.39 is 5.82 Å². The summed E-state index contributed by atoms with van der Waals surface area (Å²) in [5.74, 6) is 0.383. The summed E-state index contributed by atoms with van der Waals surface area (Å²) in [6, 6.07) is 4.68. The molecule has 0 bridgehead atoms. The van der Waals surface area contributed by atoms with Crippen molar-refractivity contribution in [2.24, 2.45) is 5.92 Å². The van der Waals surface area contributed by atoms with Crippen LogP contribution in [0.3, 0.4) is 0 Å². The number of aromatic nitrogens is 3. The average molecular weight is 278 g/mol. The number of hydrogen-bond acceptors (Lipinski definition) is 4. The molecule has 0 saturated heterocycles. The Bertz CT molecular complexity index is 568. The lowest BCUT2D eigenvalue weighted by atomic mass is 10.2. The van der Waals surface area contributed by atoms with E-state index in [4.69, 9.17) is 4.74 Å². The Hall–Kier alpha value is -1.95. The predicted molar refractivity (Wildman–Crippen MR) is 74.4 cm³/mol. The van der Waals surface area contributed by atoms with Crippen LogP contribution < -0.4 is 10.1 Å². The molecule has 0 aliphatic rings. The van der Waals surface area contributed by atoms with Gasteiger partial charge >= 0.3 is 0 Å².